The van der Waals surface area contributed by atoms with Gasteiger partial charge in [-0.3, -0.25) is 9.20 Å². The van der Waals surface area contributed by atoms with Crippen LogP contribution in [0.15, 0.2) is 48.7 Å². The normalized spacial score (nSPS) is 15.0. The molecule has 1 fully saturated rings. The standard InChI is InChI=1S/C19H19FN4O/c1-14-18(24-13-15(20)7-8-17(24)21-14)19(25)23-11-9-22(10-12-23)16-5-3-2-4-6-16/h2-8,13H,9-12H2,1H3. The van der Waals surface area contributed by atoms with Gasteiger partial charge in [-0.1, -0.05) is 18.2 Å². The third-order valence-corrected chi connectivity index (χ3v) is 4.65. The van der Waals surface area contributed by atoms with E-state index < -0.39 is 0 Å². The Hall–Kier alpha value is -2.89. The van der Waals surface area contributed by atoms with Gasteiger partial charge in [0, 0.05) is 38.1 Å². The lowest BCUT2D eigenvalue weighted by Crippen LogP contribution is -2.49. The van der Waals surface area contributed by atoms with E-state index in [4.69, 9.17) is 0 Å². The van der Waals surface area contributed by atoms with Crippen molar-refractivity contribution in [3.63, 3.8) is 0 Å². The average Bonchev–Trinajstić information content (AvgIpc) is 2.97. The van der Waals surface area contributed by atoms with Crippen LogP contribution < -0.4 is 4.90 Å². The monoisotopic (exact) mass is 338 g/mol. The van der Waals surface area contributed by atoms with E-state index in [0.717, 1.165) is 13.1 Å². The molecule has 0 saturated carbocycles. The van der Waals surface area contributed by atoms with Gasteiger partial charge in [0.15, 0.2) is 0 Å². The number of aryl methyl sites for hydroxylation is 1. The molecule has 5 nitrogen and oxygen atoms in total. The van der Waals surface area contributed by atoms with Gasteiger partial charge < -0.3 is 9.80 Å². The Kier molecular flexibility index (Phi) is 3.87. The SMILES string of the molecule is Cc1nc2ccc(F)cn2c1C(=O)N1CCN(c2ccccc2)CC1. The van der Waals surface area contributed by atoms with Gasteiger partial charge in [0.1, 0.15) is 17.2 Å². The number of rotatable bonds is 2. The topological polar surface area (TPSA) is 40.9 Å². The molecule has 4 rings (SSSR count). The van der Waals surface area contributed by atoms with E-state index in [2.05, 4.69) is 22.0 Å². The number of hydrogen-bond donors (Lipinski definition) is 0. The van der Waals surface area contributed by atoms with Crippen molar-refractivity contribution in [2.75, 3.05) is 31.1 Å². The molecule has 0 radical (unpaired) electrons. The number of para-hydroxylation sites is 1. The van der Waals surface area contributed by atoms with E-state index in [1.807, 2.05) is 23.1 Å². The molecule has 0 spiro atoms. The fraction of sp³-hybridized carbons (Fsp3) is 0.263. The van der Waals surface area contributed by atoms with Gasteiger partial charge in [0.2, 0.25) is 0 Å². The van der Waals surface area contributed by atoms with Crippen molar-refractivity contribution in [1.29, 1.82) is 0 Å². The van der Waals surface area contributed by atoms with Crippen LogP contribution in [0, 0.1) is 12.7 Å². The number of imidazole rings is 1. The number of halogens is 1. The second-order valence-electron chi connectivity index (χ2n) is 6.24. The van der Waals surface area contributed by atoms with E-state index in [9.17, 15) is 9.18 Å². The predicted molar refractivity (Wildman–Crippen MR) is 94.4 cm³/mol. The Morgan fingerprint density at radius 2 is 1.76 bits per heavy atom. The Morgan fingerprint density at radius 1 is 1.04 bits per heavy atom. The lowest BCUT2D eigenvalue weighted by atomic mass is 10.2. The highest BCUT2D eigenvalue weighted by Gasteiger charge is 2.26. The first-order valence-electron chi connectivity index (χ1n) is 8.37. The van der Waals surface area contributed by atoms with Crippen LogP contribution in [0.1, 0.15) is 16.2 Å². The molecular weight excluding hydrogens is 319 g/mol. The zero-order chi connectivity index (χ0) is 17.4. The summed E-state index contributed by atoms with van der Waals surface area (Å²) < 4.78 is 15.1. The molecule has 2 aromatic heterocycles. The summed E-state index contributed by atoms with van der Waals surface area (Å²) in [6, 6.07) is 13.1. The lowest BCUT2D eigenvalue weighted by Gasteiger charge is -2.36. The number of fused-ring (bicyclic) bond motifs is 1. The van der Waals surface area contributed by atoms with E-state index in [-0.39, 0.29) is 11.7 Å². The highest BCUT2D eigenvalue weighted by molar-refractivity contribution is 5.94. The van der Waals surface area contributed by atoms with Crippen LogP contribution in [0.2, 0.25) is 0 Å². The van der Waals surface area contributed by atoms with Gasteiger partial charge in [-0.15, -0.1) is 0 Å². The maximum absolute atomic E-state index is 13.6. The number of carbonyl (C=O) groups excluding carboxylic acids is 1. The molecule has 1 aliphatic heterocycles. The number of pyridine rings is 1. The van der Waals surface area contributed by atoms with Crippen molar-refractivity contribution in [3.05, 3.63) is 65.9 Å². The van der Waals surface area contributed by atoms with Gasteiger partial charge in [-0.25, -0.2) is 9.37 Å². The van der Waals surface area contributed by atoms with Gasteiger partial charge in [-0.05, 0) is 31.2 Å². The molecule has 1 saturated heterocycles. The molecule has 1 aromatic carbocycles. The third kappa shape index (κ3) is 2.84. The number of nitrogens with zero attached hydrogens (tertiary/aromatic N) is 4. The van der Waals surface area contributed by atoms with Gasteiger partial charge >= 0.3 is 0 Å². The van der Waals surface area contributed by atoms with Crippen molar-refractivity contribution in [2.45, 2.75) is 6.92 Å². The molecule has 6 heteroatoms. The summed E-state index contributed by atoms with van der Waals surface area (Å²) in [4.78, 5) is 21.4. The maximum atomic E-state index is 13.6. The lowest BCUT2D eigenvalue weighted by molar-refractivity contribution is 0.0739. The van der Waals surface area contributed by atoms with Gasteiger partial charge in [0.25, 0.3) is 5.91 Å². The van der Waals surface area contributed by atoms with E-state index >= 15 is 0 Å². The highest BCUT2D eigenvalue weighted by atomic mass is 19.1. The largest absolute Gasteiger partial charge is 0.368 e. The zero-order valence-corrected chi connectivity index (χ0v) is 14.0. The third-order valence-electron chi connectivity index (χ3n) is 4.65. The summed E-state index contributed by atoms with van der Waals surface area (Å²) in [7, 11) is 0. The Morgan fingerprint density at radius 3 is 2.48 bits per heavy atom. The minimum Gasteiger partial charge on any atom is -0.368 e. The van der Waals surface area contributed by atoms with Crippen LogP contribution in [-0.2, 0) is 0 Å². The van der Waals surface area contributed by atoms with Crippen molar-refractivity contribution in [1.82, 2.24) is 14.3 Å². The second-order valence-corrected chi connectivity index (χ2v) is 6.24. The van der Waals surface area contributed by atoms with E-state index in [0.29, 0.717) is 30.1 Å². The number of amides is 1. The molecule has 1 aliphatic rings. The predicted octanol–water partition coefficient (Wildman–Crippen LogP) is 2.74. The number of hydrogen-bond acceptors (Lipinski definition) is 3. The summed E-state index contributed by atoms with van der Waals surface area (Å²) in [5.41, 5.74) is 2.83. The number of piperazine rings is 1. The molecule has 0 atom stereocenters. The first-order chi connectivity index (χ1) is 12.1. The summed E-state index contributed by atoms with van der Waals surface area (Å²) in [5, 5.41) is 0. The molecule has 128 valence electrons. The van der Waals surface area contributed by atoms with Gasteiger partial charge in [-0.2, -0.15) is 0 Å². The number of anilines is 1. The fourth-order valence-corrected chi connectivity index (χ4v) is 3.35. The van der Waals surface area contributed by atoms with Crippen LogP contribution >= 0.6 is 0 Å². The number of carbonyl (C=O) groups is 1. The molecule has 0 N–H and O–H groups in total. The molecule has 0 bridgehead atoms. The molecule has 1 amide bonds. The van der Waals surface area contributed by atoms with E-state index in [1.54, 1.807) is 17.4 Å². The first-order valence-corrected chi connectivity index (χ1v) is 8.37. The second kappa shape index (κ2) is 6.20. The van der Waals surface area contributed by atoms with E-state index in [1.165, 1.54) is 18.0 Å². The highest BCUT2D eigenvalue weighted by Crippen LogP contribution is 2.19. The van der Waals surface area contributed by atoms with Crippen LogP contribution in [0.5, 0.6) is 0 Å². The molecule has 3 aromatic rings. The van der Waals surface area contributed by atoms with Crippen molar-refractivity contribution in [2.24, 2.45) is 0 Å². The molecule has 0 unspecified atom stereocenters. The van der Waals surface area contributed by atoms with Gasteiger partial charge in [0.05, 0.1) is 5.69 Å². The molecule has 3 heterocycles. The Balaban J connectivity index is 1.55. The quantitative estimate of drug-likeness (QED) is 0.721. The Bertz CT molecular complexity index is 914. The minimum absolute atomic E-state index is 0.0942. The van der Waals surface area contributed by atoms with Crippen LogP contribution in [0.4, 0.5) is 10.1 Å². The summed E-state index contributed by atoms with van der Waals surface area (Å²) in [5.74, 6) is -0.476. The smallest absolute Gasteiger partial charge is 0.272 e. The van der Waals surface area contributed by atoms with Crippen LogP contribution in [-0.4, -0.2) is 46.4 Å². The summed E-state index contributed by atoms with van der Waals surface area (Å²) in [6.45, 7) is 4.61. The fourth-order valence-electron chi connectivity index (χ4n) is 3.35. The minimum atomic E-state index is -0.382. The molecule has 25 heavy (non-hydrogen) atoms. The average molecular weight is 338 g/mol. The first kappa shape index (κ1) is 15.6. The zero-order valence-electron chi connectivity index (χ0n) is 14.0. The summed E-state index contributed by atoms with van der Waals surface area (Å²) >= 11 is 0. The van der Waals surface area contributed by atoms with Crippen LogP contribution in [0.25, 0.3) is 5.65 Å². The molecule has 0 aliphatic carbocycles. The Labute approximate surface area is 145 Å². The number of benzene rings is 1. The number of aromatic nitrogens is 2. The summed E-state index contributed by atoms with van der Waals surface area (Å²) in [6.07, 6.45) is 1.32. The van der Waals surface area contributed by atoms with Crippen molar-refractivity contribution < 1.29 is 9.18 Å². The van der Waals surface area contributed by atoms with Crippen molar-refractivity contribution >= 4 is 17.2 Å². The molecular formula is C19H19FN4O. The van der Waals surface area contributed by atoms with Crippen LogP contribution in [0.3, 0.4) is 0 Å². The van der Waals surface area contributed by atoms with Crippen molar-refractivity contribution in [3.8, 4) is 0 Å². The maximum Gasteiger partial charge on any atom is 0.272 e.